The molecule has 0 saturated carbocycles. The fourth-order valence-electron chi connectivity index (χ4n) is 1.59. The molecule has 0 spiro atoms. The number of pyridine rings is 1. The van der Waals surface area contributed by atoms with E-state index in [0.717, 1.165) is 6.07 Å². The quantitative estimate of drug-likeness (QED) is 0.528. The fraction of sp³-hybridized carbons (Fsp3) is 0.0833. The van der Waals surface area contributed by atoms with Gasteiger partial charge in [-0.1, -0.05) is 17.7 Å². The van der Waals surface area contributed by atoms with Crippen molar-refractivity contribution in [1.82, 2.24) is 4.98 Å². The van der Waals surface area contributed by atoms with E-state index in [1.54, 1.807) is 6.92 Å². The van der Waals surface area contributed by atoms with Crippen molar-refractivity contribution in [1.29, 1.82) is 0 Å². The number of aryl methyl sites for hydroxylation is 1. The van der Waals surface area contributed by atoms with Gasteiger partial charge in [0.2, 0.25) is 0 Å². The van der Waals surface area contributed by atoms with E-state index in [1.165, 1.54) is 30.5 Å². The molecular formula is C12H10ClN3O4S. The van der Waals surface area contributed by atoms with Crippen LogP contribution in [-0.4, -0.2) is 18.3 Å². The van der Waals surface area contributed by atoms with Crippen LogP contribution in [-0.2, 0) is 10.0 Å². The van der Waals surface area contributed by atoms with Crippen LogP contribution in [0.1, 0.15) is 5.56 Å². The summed E-state index contributed by atoms with van der Waals surface area (Å²) in [6.07, 6.45) is 1.27. The van der Waals surface area contributed by atoms with Crippen molar-refractivity contribution >= 4 is 33.0 Å². The number of sulfonamides is 1. The lowest BCUT2D eigenvalue weighted by atomic mass is 10.3. The molecule has 21 heavy (non-hydrogen) atoms. The van der Waals surface area contributed by atoms with Crippen LogP contribution in [0.4, 0.5) is 11.4 Å². The summed E-state index contributed by atoms with van der Waals surface area (Å²) in [5, 5.41) is 11.0. The molecule has 2 rings (SSSR count). The molecule has 0 radical (unpaired) electrons. The molecule has 0 saturated heterocycles. The first-order valence-corrected chi connectivity index (χ1v) is 7.55. The lowest BCUT2D eigenvalue weighted by Gasteiger charge is -2.08. The molecule has 0 amide bonds. The Labute approximate surface area is 125 Å². The van der Waals surface area contributed by atoms with Crippen LogP contribution in [0.25, 0.3) is 0 Å². The first kappa shape index (κ1) is 15.2. The summed E-state index contributed by atoms with van der Waals surface area (Å²) in [4.78, 5) is 13.7. The molecule has 2 aromatic rings. The number of halogens is 1. The molecule has 0 aliphatic heterocycles. The van der Waals surface area contributed by atoms with Crippen molar-refractivity contribution in [3.8, 4) is 0 Å². The predicted octanol–water partition coefficient (Wildman–Crippen LogP) is 2.75. The summed E-state index contributed by atoms with van der Waals surface area (Å²) in [5.74, 6) is 0. The molecule has 0 fully saturated rings. The number of aromatic nitrogens is 1. The van der Waals surface area contributed by atoms with E-state index in [4.69, 9.17) is 11.6 Å². The zero-order valence-corrected chi connectivity index (χ0v) is 12.4. The van der Waals surface area contributed by atoms with Gasteiger partial charge in [-0.15, -0.1) is 0 Å². The first-order valence-electron chi connectivity index (χ1n) is 5.69. The van der Waals surface area contributed by atoms with Crippen molar-refractivity contribution in [2.75, 3.05) is 4.72 Å². The maximum atomic E-state index is 12.2. The zero-order valence-electron chi connectivity index (χ0n) is 10.8. The minimum Gasteiger partial charge on any atom is -0.278 e. The van der Waals surface area contributed by atoms with Crippen LogP contribution in [0.2, 0.25) is 5.15 Å². The number of nitro groups is 1. The first-order chi connectivity index (χ1) is 9.79. The van der Waals surface area contributed by atoms with Crippen molar-refractivity contribution in [2.24, 2.45) is 0 Å². The molecule has 1 N–H and O–H groups in total. The van der Waals surface area contributed by atoms with E-state index in [0.29, 0.717) is 5.56 Å². The van der Waals surface area contributed by atoms with Crippen LogP contribution in [0.15, 0.2) is 41.4 Å². The molecule has 0 atom stereocenters. The second-order valence-electron chi connectivity index (χ2n) is 4.19. The predicted molar refractivity (Wildman–Crippen MR) is 77.9 cm³/mol. The maximum Gasteiger partial charge on any atom is 0.270 e. The average molecular weight is 328 g/mol. The fourth-order valence-corrected chi connectivity index (χ4v) is 2.77. The summed E-state index contributed by atoms with van der Waals surface area (Å²) >= 11 is 5.76. The lowest BCUT2D eigenvalue weighted by Crippen LogP contribution is -2.13. The third kappa shape index (κ3) is 3.47. The lowest BCUT2D eigenvalue weighted by molar-refractivity contribution is -0.385. The number of hydrogen-bond acceptors (Lipinski definition) is 5. The Balaban J connectivity index is 2.36. The molecule has 1 aromatic heterocycles. The standard InChI is InChI=1S/C12H10ClN3O4S/c1-8-5-9(7-14-12(8)13)15-21(19,20)11-4-2-3-10(6-11)16(17)18/h2-7,15H,1H3. The van der Waals surface area contributed by atoms with Gasteiger partial charge in [0, 0.05) is 12.1 Å². The number of non-ortho nitro benzene ring substituents is 1. The maximum absolute atomic E-state index is 12.2. The molecule has 9 heteroatoms. The SMILES string of the molecule is Cc1cc(NS(=O)(=O)c2cccc([N+](=O)[O-])c2)cnc1Cl. The Hall–Kier alpha value is -2.19. The number of anilines is 1. The van der Waals surface area contributed by atoms with Crippen LogP contribution >= 0.6 is 11.6 Å². The number of hydrogen-bond donors (Lipinski definition) is 1. The Morgan fingerprint density at radius 2 is 2.05 bits per heavy atom. The highest BCUT2D eigenvalue weighted by Crippen LogP contribution is 2.22. The topological polar surface area (TPSA) is 102 Å². The minimum absolute atomic E-state index is 0.204. The summed E-state index contributed by atoms with van der Waals surface area (Å²) < 4.78 is 26.7. The monoisotopic (exact) mass is 327 g/mol. The number of nitro benzene ring substituents is 1. The Bertz CT molecular complexity index is 808. The Morgan fingerprint density at radius 3 is 2.67 bits per heavy atom. The van der Waals surface area contributed by atoms with Gasteiger partial charge in [-0.2, -0.15) is 0 Å². The third-order valence-corrected chi connectivity index (χ3v) is 4.38. The molecule has 0 aliphatic rings. The van der Waals surface area contributed by atoms with E-state index >= 15 is 0 Å². The highest BCUT2D eigenvalue weighted by atomic mass is 35.5. The molecule has 0 aliphatic carbocycles. The molecule has 1 heterocycles. The largest absolute Gasteiger partial charge is 0.278 e. The van der Waals surface area contributed by atoms with Crippen molar-refractivity contribution in [2.45, 2.75) is 11.8 Å². The number of nitrogens with one attached hydrogen (secondary N) is 1. The van der Waals surface area contributed by atoms with Crippen LogP contribution in [0.5, 0.6) is 0 Å². The second-order valence-corrected chi connectivity index (χ2v) is 6.23. The highest BCUT2D eigenvalue weighted by molar-refractivity contribution is 7.92. The van der Waals surface area contributed by atoms with Crippen LogP contribution < -0.4 is 4.72 Å². The number of nitrogens with zero attached hydrogens (tertiary/aromatic N) is 2. The van der Waals surface area contributed by atoms with Gasteiger partial charge in [-0.05, 0) is 24.6 Å². The molecule has 1 aromatic carbocycles. The van der Waals surface area contributed by atoms with E-state index in [2.05, 4.69) is 9.71 Å². The molecule has 110 valence electrons. The second kappa shape index (κ2) is 5.66. The Morgan fingerprint density at radius 1 is 1.33 bits per heavy atom. The van der Waals surface area contributed by atoms with Gasteiger partial charge in [0.05, 0.1) is 21.7 Å². The molecule has 7 nitrogen and oxygen atoms in total. The Kier molecular flexibility index (Phi) is 4.10. The molecular weight excluding hydrogens is 318 g/mol. The number of rotatable bonds is 4. The van der Waals surface area contributed by atoms with E-state index in [-0.39, 0.29) is 21.4 Å². The van der Waals surface area contributed by atoms with E-state index in [1.807, 2.05) is 0 Å². The van der Waals surface area contributed by atoms with E-state index in [9.17, 15) is 18.5 Å². The van der Waals surface area contributed by atoms with Gasteiger partial charge in [-0.25, -0.2) is 13.4 Å². The van der Waals surface area contributed by atoms with Gasteiger partial charge >= 0.3 is 0 Å². The van der Waals surface area contributed by atoms with Crippen molar-refractivity contribution < 1.29 is 13.3 Å². The molecule has 0 unspecified atom stereocenters. The summed E-state index contributed by atoms with van der Waals surface area (Å²) in [6, 6.07) is 6.29. The third-order valence-electron chi connectivity index (χ3n) is 2.61. The van der Waals surface area contributed by atoms with Crippen molar-refractivity contribution in [3.05, 3.63) is 57.4 Å². The average Bonchev–Trinajstić information content (AvgIpc) is 2.43. The minimum atomic E-state index is -3.94. The normalized spacial score (nSPS) is 11.1. The van der Waals surface area contributed by atoms with Gasteiger partial charge in [0.1, 0.15) is 5.15 Å². The van der Waals surface area contributed by atoms with Gasteiger partial charge in [-0.3, -0.25) is 14.8 Å². The highest BCUT2D eigenvalue weighted by Gasteiger charge is 2.18. The summed E-state index contributed by atoms with van der Waals surface area (Å²) in [6.45, 7) is 1.68. The molecule has 0 bridgehead atoms. The van der Waals surface area contributed by atoms with Crippen LogP contribution in [0, 0.1) is 17.0 Å². The van der Waals surface area contributed by atoms with Gasteiger partial charge in [0.15, 0.2) is 0 Å². The van der Waals surface area contributed by atoms with Gasteiger partial charge < -0.3 is 0 Å². The number of benzene rings is 1. The zero-order chi connectivity index (χ0) is 15.6. The van der Waals surface area contributed by atoms with E-state index < -0.39 is 14.9 Å². The smallest absolute Gasteiger partial charge is 0.270 e. The van der Waals surface area contributed by atoms with Crippen LogP contribution in [0.3, 0.4) is 0 Å². The summed E-state index contributed by atoms with van der Waals surface area (Å²) in [7, 11) is -3.94. The van der Waals surface area contributed by atoms with Crippen molar-refractivity contribution in [3.63, 3.8) is 0 Å². The summed E-state index contributed by atoms with van der Waals surface area (Å²) in [5.41, 5.74) is 0.530. The van der Waals surface area contributed by atoms with Gasteiger partial charge in [0.25, 0.3) is 15.7 Å².